The van der Waals surface area contributed by atoms with Gasteiger partial charge in [0.1, 0.15) is 6.61 Å². The molecule has 1 aromatic rings. The summed E-state index contributed by atoms with van der Waals surface area (Å²) in [5.74, 6) is -3.08. The maximum absolute atomic E-state index is 13.4. The first kappa shape index (κ1) is 15.6. The first-order chi connectivity index (χ1) is 10.1. The molecule has 1 saturated heterocycles. The summed E-state index contributed by atoms with van der Waals surface area (Å²) in [6.45, 7) is 0.696. The highest BCUT2D eigenvalue weighted by Crippen LogP contribution is 2.26. The Balaban J connectivity index is 1.86. The number of rotatable bonds is 6. The van der Waals surface area contributed by atoms with Crippen LogP contribution < -0.4 is 4.74 Å². The van der Waals surface area contributed by atoms with Gasteiger partial charge in [-0.2, -0.15) is 4.39 Å². The summed E-state index contributed by atoms with van der Waals surface area (Å²) in [5, 5.41) is 10.6. The lowest BCUT2D eigenvalue weighted by atomic mass is 10.2. The zero-order valence-corrected chi connectivity index (χ0v) is 11.2. The number of halogens is 2. The fraction of sp³-hybridized carbons (Fsp3) is 0.538. The molecule has 8 heteroatoms. The topological polar surface area (TPSA) is 70.8 Å². The Morgan fingerprint density at radius 2 is 2.14 bits per heavy atom. The predicted octanol–water partition coefficient (Wildman–Crippen LogP) is 2.80. The molecule has 21 heavy (non-hydrogen) atoms. The first-order valence-corrected chi connectivity index (χ1v) is 6.57. The standard InChI is InChI=1S/C13H15F2NO5/c14-10-7-9(16(17)18)8-11(13(10)15)19-5-6-21-12-3-1-2-4-20-12/h7-8,12H,1-6H2. The van der Waals surface area contributed by atoms with Crippen LogP contribution in [0.3, 0.4) is 0 Å². The molecule has 2 rings (SSSR count). The van der Waals surface area contributed by atoms with Crippen molar-refractivity contribution in [1.82, 2.24) is 0 Å². The Hall–Kier alpha value is -1.80. The minimum atomic E-state index is -1.32. The van der Waals surface area contributed by atoms with E-state index in [-0.39, 0.29) is 19.5 Å². The second-order valence-corrected chi connectivity index (χ2v) is 4.51. The molecule has 0 saturated carbocycles. The smallest absolute Gasteiger partial charge is 0.276 e. The van der Waals surface area contributed by atoms with Crippen molar-refractivity contribution in [2.24, 2.45) is 0 Å². The lowest BCUT2D eigenvalue weighted by molar-refractivity contribution is -0.385. The van der Waals surface area contributed by atoms with Crippen molar-refractivity contribution in [3.63, 3.8) is 0 Å². The summed E-state index contributed by atoms with van der Waals surface area (Å²) < 4.78 is 42.3. The van der Waals surface area contributed by atoms with E-state index in [4.69, 9.17) is 14.2 Å². The van der Waals surface area contributed by atoms with Gasteiger partial charge in [-0.25, -0.2) is 4.39 Å². The van der Waals surface area contributed by atoms with Crippen LogP contribution in [-0.2, 0) is 9.47 Å². The fourth-order valence-electron chi connectivity index (χ4n) is 1.93. The Morgan fingerprint density at radius 3 is 2.81 bits per heavy atom. The average molecular weight is 303 g/mol. The van der Waals surface area contributed by atoms with E-state index in [0.717, 1.165) is 25.3 Å². The molecule has 0 spiro atoms. The van der Waals surface area contributed by atoms with Gasteiger partial charge >= 0.3 is 0 Å². The van der Waals surface area contributed by atoms with E-state index >= 15 is 0 Å². The molecule has 1 aliphatic heterocycles. The third-order valence-corrected chi connectivity index (χ3v) is 2.97. The van der Waals surface area contributed by atoms with Gasteiger partial charge in [0, 0.05) is 6.61 Å². The molecule has 0 bridgehead atoms. The van der Waals surface area contributed by atoms with Crippen molar-refractivity contribution in [1.29, 1.82) is 0 Å². The molecule has 116 valence electrons. The number of benzene rings is 1. The van der Waals surface area contributed by atoms with Crippen molar-refractivity contribution < 1.29 is 27.9 Å². The fourth-order valence-corrected chi connectivity index (χ4v) is 1.93. The largest absolute Gasteiger partial charge is 0.488 e. The maximum atomic E-state index is 13.4. The van der Waals surface area contributed by atoms with Crippen molar-refractivity contribution in [2.75, 3.05) is 19.8 Å². The van der Waals surface area contributed by atoms with Crippen LogP contribution >= 0.6 is 0 Å². The number of hydrogen-bond acceptors (Lipinski definition) is 5. The Bertz CT molecular complexity index is 506. The number of nitro groups is 1. The van der Waals surface area contributed by atoms with Gasteiger partial charge in [0.05, 0.1) is 23.7 Å². The van der Waals surface area contributed by atoms with E-state index in [2.05, 4.69) is 0 Å². The summed E-state index contributed by atoms with van der Waals surface area (Å²) >= 11 is 0. The molecule has 1 aromatic carbocycles. The molecule has 0 radical (unpaired) electrons. The van der Waals surface area contributed by atoms with E-state index in [0.29, 0.717) is 12.7 Å². The third-order valence-electron chi connectivity index (χ3n) is 2.97. The van der Waals surface area contributed by atoms with Crippen molar-refractivity contribution >= 4 is 5.69 Å². The van der Waals surface area contributed by atoms with E-state index in [9.17, 15) is 18.9 Å². The Morgan fingerprint density at radius 1 is 1.33 bits per heavy atom. The van der Waals surface area contributed by atoms with Crippen LogP contribution in [0.2, 0.25) is 0 Å². The summed E-state index contributed by atoms with van der Waals surface area (Å²) in [7, 11) is 0. The van der Waals surface area contributed by atoms with Crippen molar-refractivity contribution in [3.8, 4) is 5.75 Å². The van der Waals surface area contributed by atoms with Crippen LogP contribution in [-0.4, -0.2) is 31.0 Å². The zero-order valence-electron chi connectivity index (χ0n) is 11.2. The van der Waals surface area contributed by atoms with Crippen molar-refractivity contribution in [3.05, 3.63) is 33.9 Å². The van der Waals surface area contributed by atoms with Crippen LogP contribution in [0.5, 0.6) is 5.75 Å². The minimum absolute atomic E-state index is 0.0581. The Labute approximate surface area is 119 Å². The van der Waals surface area contributed by atoms with Gasteiger partial charge in [-0.1, -0.05) is 0 Å². The highest BCUT2D eigenvalue weighted by Gasteiger charge is 2.18. The molecule has 1 atom stereocenters. The molecule has 1 fully saturated rings. The van der Waals surface area contributed by atoms with Gasteiger partial charge in [-0.05, 0) is 19.3 Å². The molecule has 0 N–H and O–H groups in total. The molecule has 1 aliphatic rings. The lowest BCUT2D eigenvalue weighted by Crippen LogP contribution is -2.24. The second-order valence-electron chi connectivity index (χ2n) is 4.51. The summed E-state index contributed by atoms with van der Waals surface area (Å²) in [5.41, 5.74) is -0.569. The number of non-ortho nitro benzene ring substituents is 1. The molecule has 1 unspecified atom stereocenters. The van der Waals surface area contributed by atoms with Crippen LogP contribution in [0.1, 0.15) is 19.3 Å². The van der Waals surface area contributed by atoms with Gasteiger partial charge in [0.15, 0.2) is 17.9 Å². The van der Waals surface area contributed by atoms with E-state index in [1.165, 1.54) is 0 Å². The van der Waals surface area contributed by atoms with Crippen molar-refractivity contribution in [2.45, 2.75) is 25.6 Å². The Kier molecular flexibility index (Phi) is 5.40. The second kappa shape index (κ2) is 7.28. The molecule has 6 nitrogen and oxygen atoms in total. The summed E-state index contributed by atoms with van der Waals surface area (Å²) in [6.07, 6.45) is 2.47. The average Bonchev–Trinajstić information content (AvgIpc) is 2.48. The van der Waals surface area contributed by atoms with Gasteiger partial charge in [0.2, 0.25) is 5.82 Å². The van der Waals surface area contributed by atoms with Crippen LogP contribution in [0.4, 0.5) is 14.5 Å². The summed E-state index contributed by atoms with van der Waals surface area (Å²) in [4.78, 5) is 9.76. The third kappa shape index (κ3) is 4.33. The van der Waals surface area contributed by atoms with Crippen LogP contribution in [0, 0.1) is 21.7 Å². The molecule has 0 aromatic heterocycles. The van der Waals surface area contributed by atoms with Gasteiger partial charge in [0.25, 0.3) is 5.69 Å². The zero-order chi connectivity index (χ0) is 15.2. The normalized spacial score (nSPS) is 18.5. The number of ether oxygens (including phenoxy) is 3. The van der Waals surface area contributed by atoms with Crippen LogP contribution in [0.25, 0.3) is 0 Å². The van der Waals surface area contributed by atoms with Crippen LogP contribution in [0.15, 0.2) is 12.1 Å². The van der Waals surface area contributed by atoms with E-state index < -0.39 is 28.0 Å². The number of nitrogens with zero attached hydrogens (tertiary/aromatic N) is 1. The van der Waals surface area contributed by atoms with Gasteiger partial charge < -0.3 is 14.2 Å². The number of nitro benzene ring substituents is 1. The molecule has 0 aliphatic carbocycles. The monoisotopic (exact) mass is 303 g/mol. The van der Waals surface area contributed by atoms with E-state index in [1.807, 2.05) is 0 Å². The maximum Gasteiger partial charge on any atom is 0.276 e. The predicted molar refractivity (Wildman–Crippen MR) is 68.1 cm³/mol. The SMILES string of the molecule is O=[N+]([O-])c1cc(F)c(F)c(OCCOC2CCCCO2)c1. The summed E-state index contributed by atoms with van der Waals surface area (Å²) in [6, 6.07) is 1.35. The minimum Gasteiger partial charge on any atom is -0.488 e. The quantitative estimate of drug-likeness (QED) is 0.459. The highest BCUT2D eigenvalue weighted by molar-refractivity contribution is 5.40. The number of hydrogen-bond donors (Lipinski definition) is 0. The molecular weight excluding hydrogens is 288 g/mol. The first-order valence-electron chi connectivity index (χ1n) is 6.57. The lowest BCUT2D eigenvalue weighted by Gasteiger charge is -2.22. The molecule has 1 heterocycles. The van der Waals surface area contributed by atoms with Gasteiger partial charge in [-0.15, -0.1) is 0 Å². The molecular formula is C13H15F2NO5. The van der Waals surface area contributed by atoms with E-state index in [1.54, 1.807) is 0 Å². The van der Waals surface area contributed by atoms with Gasteiger partial charge in [-0.3, -0.25) is 10.1 Å². The molecule has 0 amide bonds. The highest BCUT2D eigenvalue weighted by atomic mass is 19.2.